The molecule has 216 valence electrons. The molecule has 0 radical (unpaired) electrons. The van der Waals surface area contributed by atoms with Crippen LogP contribution in [0.15, 0.2) is 160 Å². The van der Waals surface area contributed by atoms with Crippen molar-refractivity contribution in [3.05, 3.63) is 152 Å². The highest BCUT2D eigenvalue weighted by Crippen LogP contribution is 2.52. The van der Waals surface area contributed by atoms with Gasteiger partial charge in [0.05, 0.1) is 15.8 Å². The summed E-state index contributed by atoms with van der Waals surface area (Å²) >= 11 is 1.83. The second-order valence-electron chi connectivity index (χ2n) is 11.7. The summed E-state index contributed by atoms with van der Waals surface area (Å²) in [6.45, 7) is 0. The molecule has 3 heterocycles. The van der Waals surface area contributed by atoms with Crippen LogP contribution >= 0.6 is 11.3 Å². The molecule has 46 heavy (non-hydrogen) atoms. The number of nitrogens with zero attached hydrogens (tertiary/aromatic N) is 1. The Morgan fingerprint density at radius 2 is 1.11 bits per heavy atom. The fraction of sp³-hybridized carbons (Fsp3) is 0. The molecule has 4 heteroatoms. The number of hydrogen-bond donors (Lipinski definition) is 0. The van der Waals surface area contributed by atoms with Gasteiger partial charge in [-0.3, -0.25) is 0 Å². The third-order valence-electron chi connectivity index (χ3n) is 9.06. The van der Waals surface area contributed by atoms with Gasteiger partial charge in [0.15, 0.2) is 5.58 Å². The number of para-hydroxylation sites is 2. The van der Waals surface area contributed by atoms with Crippen LogP contribution in [0.25, 0.3) is 75.2 Å². The lowest BCUT2D eigenvalue weighted by atomic mass is 10.0. The van der Waals surface area contributed by atoms with E-state index in [4.69, 9.17) is 8.83 Å². The fourth-order valence-electron chi connectivity index (χ4n) is 6.98. The summed E-state index contributed by atoms with van der Waals surface area (Å²) in [6, 6.07) is 53.5. The number of rotatable bonds is 4. The van der Waals surface area contributed by atoms with Crippen LogP contribution < -0.4 is 4.90 Å². The van der Waals surface area contributed by atoms with Crippen molar-refractivity contribution in [1.29, 1.82) is 0 Å². The van der Waals surface area contributed by atoms with E-state index in [0.29, 0.717) is 0 Å². The number of anilines is 3. The molecule has 0 aliphatic carbocycles. The number of hydrogen-bond acceptors (Lipinski definition) is 4. The van der Waals surface area contributed by atoms with E-state index in [0.717, 1.165) is 60.9 Å². The molecule has 0 saturated heterocycles. The van der Waals surface area contributed by atoms with E-state index < -0.39 is 0 Å². The van der Waals surface area contributed by atoms with E-state index in [9.17, 15) is 0 Å². The summed E-state index contributed by atoms with van der Waals surface area (Å²) in [4.78, 5) is 2.39. The van der Waals surface area contributed by atoms with Crippen molar-refractivity contribution in [2.24, 2.45) is 0 Å². The molecule has 0 atom stereocenters. The van der Waals surface area contributed by atoms with Gasteiger partial charge in [-0.1, -0.05) is 109 Å². The number of fused-ring (bicyclic) bond motifs is 9. The van der Waals surface area contributed by atoms with Crippen molar-refractivity contribution < 1.29 is 8.83 Å². The van der Waals surface area contributed by atoms with Gasteiger partial charge in [-0.25, -0.2) is 0 Å². The van der Waals surface area contributed by atoms with Crippen LogP contribution in [0.5, 0.6) is 0 Å². The van der Waals surface area contributed by atoms with Gasteiger partial charge in [-0.05, 0) is 53.6 Å². The molecular formula is C42H25NO2S. The van der Waals surface area contributed by atoms with Crippen molar-refractivity contribution in [2.45, 2.75) is 0 Å². The largest absolute Gasteiger partial charge is 0.456 e. The van der Waals surface area contributed by atoms with E-state index in [1.165, 1.54) is 31.3 Å². The molecule has 10 aromatic rings. The summed E-state index contributed by atoms with van der Waals surface area (Å²) in [5, 5.41) is 6.71. The number of thiophene rings is 1. The zero-order chi connectivity index (χ0) is 30.2. The molecule has 0 bridgehead atoms. The minimum Gasteiger partial charge on any atom is -0.456 e. The first kappa shape index (κ1) is 25.5. The standard InChI is InChI=1S/C42H25NO2S/c1-2-11-26(12-3-1)27-21-23-28(24-22-27)43(34-17-10-16-31-30-14-6-9-20-38(30)46-42(31)34)40-39-32-15-5-8-19-36(32)44-37(39)25-33-29-13-4-7-18-35(29)45-41(33)40/h1-25H. The second-order valence-corrected chi connectivity index (χ2v) is 12.7. The molecule has 3 aromatic heterocycles. The lowest BCUT2D eigenvalue weighted by Crippen LogP contribution is -2.11. The Balaban J connectivity index is 1.36. The molecule has 7 aromatic carbocycles. The third-order valence-corrected chi connectivity index (χ3v) is 10.3. The highest BCUT2D eigenvalue weighted by atomic mass is 32.1. The van der Waals surface area contributed by atoms with E-state index >= 15 is 0 Å². The summed E-state index contributed by atoms with van der Waals surface area (Å²) in [7, 11) is 0. The highest BCUT2D eigenvalue weighted by molar-refractivity contribution is 7.26. The van der Waals surface area contributed by atoms with Crippen LogP contribution in [-0.4, -0.2) is 0 Å². The minimum atomic E-state index is 0.838. The molecule has 0 aliphatic rings. The molecule has 0 aliphatic heterocycles. The van der Waals surface area contributed by atoms with E-state index in [2.05, 4.69) is 132 Å². The molecule has 3 nitrogen and oxygen atoms in total. The summed E-state index contributed by atoms with van der Waals surface area (Å²) < 4.78 is 15.9. The van der Waals surface area contributed by atoms with Gasteiger partial charge in [0.1, 0.15) is 22.4 Å². The highest BCUT2D eigenvalue weighted by Gasteiger charge is 2.27. The van der Waals surface area contributed by atoms with Crippen LogP contribution in [0.1, 0.15) is 0 Å². The molecular weight excluding hydrogens is 583 g/mol. The van der Waals surface area contributed by atoms with Crippen molar-refractivity contribution in [2.75, 3.05) is 4.90 Å². The topological polar surface area (TPSA) is 29.5 Å². The van der Waals surface area contributed by atoms with Crippen LogP contribution in [0.3, 0.4) is 0 Å². The molecule has 0 saturated carbocycles. The predicted molar refractivity (Wildman–Crippen MR) is 194 cm³/mol. The Morgan fingerprint density at radius 1 is 0.457 bits per heavy atom. The van der Waals surface area contributed by atoms with Gasteiger partial charge in [-0.15, -0.1) is 11.3 Å². The van der Waals surface area contributed by atoms with Crippen molar-refractivity contribution >= 4 is 92.4 Å². The normalized spacial score (nSPS) is 11.9. The Morgan fingerprint density at radius 3 is 1.93 bits per heavy atom. The first-order chi connectivity index (χ1) is 22.8. The number of furan rings is 2. The SMILES string of the molecule is c1ccc(-c2ccc(N(c3cccc4c3sc3ccccc34)c3c4oc5ccccc5c4cc4oc5ccccc5c34)cc2)cc1. The van der Waals surface area contributed by atoms with Crippen LogP contribution in [-0.2, 0) is 0 Å². The van der Waals surface area contributed by atoms with Gasteiger partial charge in [-0.2, -0.15) is 0 Å². The van der Waals surface area contributed by atoms with Crippen molar-refractivity contribution in [3.63, 3.8) is 0 Å². The van der Waals surface area contributed by atoms with E-state index in [1.54, 1.807) is 0 Å². The van der Waals surface area contributed by atoms with Crippen molar-refractivity contribution in [3.8, 4) is 11.1 Å². The predicted octanol–water partition coefficient (Wildman–Crippen LogP) is 13.0. The maximum absolute atomic E-state index is 6.82. The Kier molecular flexibility index (Phi) is 5.45. The Labute approximate surface area is 268 Å². The lowest BCUT2D eigenvalue weighted by Gasteiger charge is -2.27. The van der Waals surface area contributed by atoms with Crippen LogP contribution in [0, 0.1) is 0 Å². The Hall–Kier alpha value is -5.84. The smallest absolute Gasteiger partial charge is 0.160 e. The maximum atomic E-state index is 6.82. The zero-order valence-electron chi connectivity index (χ0n) is 24.6. The fourth-order valence-corrected chi connectivity index (χ4v) is 8.19. The average Bonchev–Trinajstić information content (AvgIpc) is 3.80. The van der Waals surface area contributed by atoms with Crippen LogP contribution in [0.4, 0.5) is 17.1 Å². The average molecular weight is 608 g/mol. The van der Waals surface area contributed by atoms with E-state index in [-0.39, 0.29) is 0 Å². The minimum absolute atomic E-state index is 0.838. The van der Waals surface area contributed by atoms with Gasteiger partial charge in [0.25, 0.3) is 0 Å². The van der Waals surface area contributed by atoms with E-state index in [1.807, 2.05) is 35.6 Å². The summed E-state index contributed by atoms with van der Waals surface area (Å²) in [6.07, 6.45) is 0. The van der Waals surface area contributed by atoms with Gasteiger partial charge in [0.2, 0.25) is 0 Å². The monoisotopic (exact) mass is 607 g/mol. The van der Waals surface area contributed by atoms with Gasteiger partial charge >= 0.3 is 0 Å². The second kappa shape index (κ2) is 9.83. The summed E-state index contributed by atoms with van der Waals surface area (Å²) in [5.41, 5.74) is 8.88. The first-order valence-electron chi connectivity index (χ1n) is 15.4. The van der Waals surface area contributed by atoms with Crippen molar-refractivity contribution in [1.82, 2.24) is 0 Å². The van der Waals surface area contributed by atoms with Gasteiger partial charge in [0, 0.05) is 37.3 Å². The maximum Gasteiger partial charge on any atom is 0.160 e. The Bertz CT molecular complexity index is 2740. The third kappa shape index (κ3) is 3.71. The molecule has 0 N–H and O–H groups in total. The quantitative estimate of drug-likeness (QED) is 0.199. The molecule has 0 spiro atoms. The zero-order valence-corrected chi connectivity index (χ0v) is 25.4. The summed E-state index contributed by atoms with van der Waals surface area (Å²) in [5.74, 6) is 0. The van der Waals surface area contributed by atoms with Gasteiger partial charge < -0.3 is 13.7 Å². The molecule has 0 fully saturated rings. The molecule has 0 unspecified atom stereocenters. The molecule has 0 amide bonds. The van der Waals surface area contributed by atoms with Crippen LogP contribution in [0.2, 0.25) is 0 Å². The first-order valence-corrected chi connectivity index (χ1v) is 16.2. The molecule has 10 rings (SSSR count). The lowest BCUT2D eigenvalue weighted by molar-refractivity contribution is 0.664. The number of benzene rings is 7.